The van der Waals surface area contributed by atoms with Gasteiger partial charge in [0, 0.05) is 54.7 Å². The van der Waals surface area contributed by atoms with Crippen molar-refractivity contribution in [3.05, 3.63) is 72.2 Å². The quantitative estimate of drug-likeness (QED) is 0.220. The number of rotatable bonds is 12. The molecule has 1 aliphatic rings. The minimum absolute atomic E-state index is 0.00338. The SMILES string of the molecule is C=C(F)CCC(=O)N(CCCCCc1nc(C2CC2)no1)c1cccc(-c2cnc(F)c(C)c2)c1. The first-order chi connectivity index (χ1) is 16.9. The number of hydrogen-bond donors (Lipinski definition) is 0. The number of nitrogens with zero attached hydrogens (tertiary/aromatic N) is 4. The van der Waals surface area contributed by atoms with Gasteiger partial charge in [0.25, 0.3) is 0 Å². The van der Waals surface area contributed by atoms with E-state index >= 15 is 0 Å². The molecule has 6 nitrogen and oxygen atoms in total. The lowest BCUT2D eigenvalue weighted by atomic mass is 10.0. The number of aromatic nitrogens is 3. The van der Waals surface area contributed by atoms with Crippen molar-refractivity contribution >= 4 is 11.6 Å². The molecule has 0 aliphatic heterocycles. The third kappa shape index (κ3) is 6.81. The molecule has 35 heavy (non-hydrogen) atoms. The van der Waals surface area contributed by atoms with Gasteiger partial charge in [0.15, 0.2) is 5.82 Å². The molecule has 0 unspecified atom stereocenters. The van der Waals surface area contributed by atoms with E-state index in [2.05, 4.69) is 21.7 Å². The molecular weight excluding hydrogens is 450 g/mol. The van der Waals surface area contributed by atoms with Crippen LogP contribution in [0.2, 0.25) is 0 Å². The zero-order chi connectivity index (χ0) is 24.8. The van der Waals surface area contributed by atoms with Crippen LogP contribution in [-0.2, 0) is 11.2 Å². The van der Waals surface area contributed by atoms with Gasteiger partial charge in [0.05, 0.1) is 5.83 Å². The number of hydrogen-bond acceptors (Lipinski definition) is 5. The lowest BCUT2D eigenvalue weighted by molar-refractivity contribution is -0.118. The Morgan fingerprint density at radius 1 is 1.17 bits per heavy atom. The molecule has 2 aromatic heterocycles. The largest absolute Gasteiger partial charge is 0.339 e. The van der Waals surface area contributed by atoms with Crippen molar-refractivity contribution in [2.24, 2.45) is 0 Å². The Balaban J connectivity index is 1.40. The molecule has 0 bridgehead atoms. The van der Waals surface area contributed by atoms with Crippen LogP contribution < -0.4 is 4.90 Å². The van der Waals surface area contributed by atoms with E-state index in [0.29, 0.717) is 36.0 Å². The molecule has 8 heteroatoms. The Labute approximate surface area is 204 Å². The van der Waals surface area contributed by atoms with Crippen LogP contribution in [0.3, 0.4) is 0 Å². The van der Waals surface area contributed by atoms with Gasteiger partial charge in [-0.1, -0.05) is 30.3 Å². The maximum atomic E-state index is 13.6. The van der Waals surface area contributed by atoms with Gasteiger partial charge in [-0.2, -0.15) is 9.37 Å². The van der Waals surface area contributed by atoms with Crippen molar-refractivity contribution in [1.82, 2.24) is 15.1 Å². The molecular formula is C27H30F2N4O2. The highest BCUT2D eigenvalue weighted by molar-refractivity contribution is 5.94. The fourth-order valence-corrected chi connectivity index (χ4v) is 3.94. The fourth-order valence-electron chi connectivity index (χ4n) is 3.94. The minimum atomic E-state index is -0.509. The summed E-state index contributed by atoms with van der Waals surface area (Å²) in [6, 6.07) is 9.21. The second-order valence-electron chi connectivity index (χ2n) is 9.08. The highest BCUT2D eigenvalue weighted by Gasteiger charge is 2.28. The molecule has 1 aliphatic carbocycles. The number of benzene rings is 1. The Morgan fingerprint density at radius 2 is 2.00 bits per heavy atom. The Kier molecular flexibility index (Phi) is 8.00. The molecule has 2 heterocycles. The van der Waals surface area contributed by atoms with Gasteiger partial charge >= 0.3 is 0 Å². The number of pyridine rings is 1. The number of carbonyl (C=O) groups excluding carboxylic acids is 1. The lowest BCUT2D eigenvalue weighted by Crippen LogP contribution is -2.31. The van der Waals surface area contributed by atoms with Crippen LogP contribution in [0, 0.1) is 12.9 Å². The van der Waals surface area contributed by atoms with Gasteiger partial charge < -0.3 is 9.42 Å². The first-order valence-corrected chi connectivity index (χ1v) is 12.1. The average molecular weight is 481 g/mol. The monoisotopic (exact) mass is 480 g/mol. The number of aryl methyl sites for hydroxylation is 2. The van der Waals surface area contributed by atoms with Crippen LogP contribution in [0.4, 0.5) is 14.5 Å². The van der Waals surface area contributed by atoms with Gasteiger partial charge in [0.1, 0.15) is 0 Å². The first-order valence-electron chi connectivity index (χ1n) is 12.1. The van der Waals surface area contributed by atoms with Crippen LogP contribution in [-0.4, -0.2) is 27.6 Å². The molecule has 4 rings (SSSR count). The number of halogens is 2. The summed E-state index contributed by atoms with van der Waals surface area (Å²) in [5, 5.41) is 4.04. The number of unbranched alkanes of at least 4 members (excludes halogenated alkanes) is 2. The van der Waals surface area contributed by atoms with Gasteiger partial charge in [0.2, 0.25) is 17.7 Å². The molecule has 1 aromatic carbocycles. The molecule has 1 amide bonds. The average Bonchev–Trinajstić information content (AvgIpc) is 3.59. The van der Waals surface area contributed by atoms with Gasteiger partial charge in [-0.25, -0.2) is 9.37 Å². The molecule has 0 atom stereocenters. The second kappa shape index (κ2) is 11.3. The number of anilines is 1. The van der Waals surface area contributed by atoms with Crippen LogP contribution in [0.15, 0.2) is 53.5 Å². The van der Waals surface area contributed by atoms with E-state index in [9.17, 15) is 13.6 Å². The normalized spacial score (nSPS) is 13.1. The van der Waals surface area contributed by atoms with Crippen LogP contribution in [0.25, 0.3) is 11.1 Å². The minimum Gasteiger partial charge on any atom is -0.339 e. The zero-order valence-corrected chi connectivity index (χ0v) is 20.0. The highest BCUT2D eigenvalue weighted by atomic mass is 19.1. The van der Waals surface area contributed by atoms with Gasteiger partial charge in [-0.05, 0) is 56.4 Å². The smallest absolute Gasteiger partial charge is 0.227 e. The Hall–Kier alpha value is -3.42. The van der Waals surface area contributed by atoms with Crippen molar-refractivity contribution in [1.29, 1.82) is 0 Å². The van der Waals surface area contributed by atoms with E-state index in [1.54, 1.807) is 17.9 Å². The standard InChI is InChI=1S/C27H30F2N4O2/c1-18-15-22(17-30-26(18)29)21-7-6-8-23(16-21)33(25(34)13-10-19(2)28)14-5-3-4-9-24-31-27(32-35-24)20-11-12-20/h6-8,15-17,20H,2-5,9-14H2,1H3. The van der Waals surface area contributed by atoms with E-state index in [1.807, 2.05) is 24.3 Å². The molecule has 0 spiro atoms. The third-order valence-electron chi connectivity index (χ3n) is 6.12. The van der Waals surface area contributed by atoms with Crippen molar-refractivity contribution in [3.8, 4) is 11.1 Å². The van der Waals surface area contributed by atoms with Crippen LogP contribution in [0.1, 0.15) is 68.1 Å². The summed E-state index contributed by atoms with van der Waals surface area (Å²) in [6.07, 6.45) is 7.02. The molecule has 1 saturated carbocycles. The van der Waals surface area contributed by atoms with Crippen molar-refractivity contribution < 1.29 is 18.1 Å². The van der Waals surface area contributed by atoms with Crippen molar-refractivity contribution in [3.63, 3.8) is 0 Å². The lowest BCUT2D eigenvalue weighted by Gasteiger charge is -2.23. The van der Waals surface area contributed by atoms with E-state index in [0.717, 1.165) is 49.1 Å². The van der Waals surface area contributed by atoms with Gasteiger partial charge in [-0.3, -0.25) is 4.79 Å². The molecule has 1 fully saturated rings. The molecule has 0 N–H and O–H groups in total. The summed E-state index contributed by atoms with van der Waals surface area (Å²) < 4.78 is 32.2. The summed E-state index contributed by atoms with van der Waals surface area (Å²) in [7, 11) is 0. The number of allylic oxidation sites excluding steroid dienone is 1. The summed E-state index contributed by atoms with van der Waals surface area (Å²) in [5.41, 5.74) is 2.76. The van der Waals surface area contributed by atoms with E-state index < -0.39 is 11.8 Å². The summed E-state index contributed by atoms with van der Waals surface area (Å²) in [5.74, 6) is 0.774. The maximum absolute atomic E-state index is 13.6. The summed E-state index contributed by atoms with van der Waals surface area (Å²) in [4.78, 5) is 22.9. The fraction of sp³-hybridized carbons (Fsp3) is 0.407. The molecule has 3 aromatic rings. The predicted molar refractivity (Wildman–Crippen MR) is 130 cm³/mol. The Bertz CT molecular complexity index is 1190. The topological polar surface area (TPSA) is 72.1 Å². The third-order valence-corrected chi connectivity index (χ3v) is 6.12. The molecule has 184 valence electrons. The number of carbonyl (C=O) groups is 1. The molecule has 0 radical (unpaired) electrons. The highest BCUT2D eigenvalue weighted by Crippen LogP contribution is 2.38. The molecule has 0 saturated heterocycles. The zero-order valence-electron chi connectivity index (χ0n) is 20.0. The summed E-state index contributed by atoms with van der Waals surface area (Å²) >= 11 is 0. The number of amides is 1. The predicted octanol–water partition coefficient (Wildman–Crippen LogP) is 6.47. The van der Waals surface area contributed by atoms with Crippen LogP contribution >= 0.6 is 0 Å². The van der Waals surface area contributed by atoms with E-state index in [1.165, 1.54) is 6.20 Å². The summed E-state index contributed by atoms with van der Waals surface area (Å²) in [6.45, 7) is 5.43. The van der Waals surface area contributed by atoms with E-state index in [-0.39, 0.29) is 18.7 Å². The van der Waals surface area contributed by atoms with Crippen molar-refractivity contribution in [2.75, 3.05) is 11.4 Å². The first kappa shape index (κ1) is 24.7. The maximum Gasteiger partial charge on any atom is 0.227 e. The van der Waals surface area contributed by atoms with Crippen molar-refractivity contribution in [2.45, 2.75) is 64.2 Å². The van der Waals surface area contributed by atoms with E-state index in [4.69, 9.17) is 4.52 Å². The Morgan fingerprint density at radius 3 is 2.74 bits per heavy atom. The second-order valence-corrected chi connectivity index (χ2v) is 9.08. The van der Waals surface area contributed by atoms with Crippen LogP contribution in [0.5, 0.6) is 0 Å². The van der Waals surface area contributed by atoms with Gasteiger partial charge in [-0.15, -0.1) is 0 Å².